The van der Waals surface area contributed by atoms with Crippen molar-refractivity contribution in [3.05, 3.63) is 33.3 Å². The Labute approximate surface area is 116 Å². The van der Waals surface area contributed by atoms with E-state index in [0.717, 1.165) is 25.7 Å². The monoisotopic (exact) mass is 284 g/mol. The lowest BCUT2D eigenvalue weighted by Gasteiger charge is -2.31. The van der Waals surface area contributed by atoms with Crippen LogP contribution in [0.5, 0.6) is 0 Å². The Bertz CT molecular complexity index is 467. The molecule has 0 radical (unpaired) electrons. The van der Waals surface area contributed by atoms with Crippen LogP contribution in [0.15, 0.2) is 18.2 Å². The van der Waals surface area contributed by atoms with Gasteiger partial charge in [-0.2, -0.15) is 0 Å². The molecule has 2 rings (SSSR count). The first-order chi connectivity index (χ1) is 9.13. The minimum Gasteiger partial charge on any atom is -0.396 e. The normalized spacial score (nSPS) is 23.1. The number of nitro benzene ring substituents is 1. The Balaban J connectivity index is 2.24. The lowest BCUT2D eigenvalue weighted by Crippen LogP contribution is -2.34. The summed E-state index contributed by atoms with van der Waals surface area (Å²) in [6.45, 7) is 0.0932. The predicted octanol–water partition coefficient (Wildman–Crippen LogP) is 3.21. The molecular formula is C13H17ClN2O3. The minimum absolute atomic E-state index is 0.0187. The van der Waals surface area contributed by atoms with Gasteiger partial charge in [-0.05, 0) is 18.9 Å². The molecule has 1 aromatic rings. The van der Waals surface area contributed by atoms with Crippen molar-refractivity contribution in [2.75, 3.05) is 11.9 Å². The van der Waals surface area contributed by atoms with Crippen LogP contribution < -0.4 is 5.32 Å². The van der Waals surface area contributed by atoms with E-state index in [4.69, 9.17) is 11.6 Å². The number of hydrogen-bond donors (Lipinski definition) is 2. The molecule has 0 aliphatic heterocycles. The first kappa shape index (κ1) is 14.1. The third-order valence-electron chi connectivity index (χ3n) is 3.66. The first-order valence-corrected chi connectivity index (χ1v) is 6.81. The molecule has 1 saturated carbocycles. The van der Waals surface area contributed by atoms with Gasteiger partial charge in [-0.25, -0.2) is 0 Å². The fraction of sp³-hybridized carbons (Fsp3) is 0.538. The summed E-state index contributed by atoms with van der Waals surface area (Å²) in [5, 5.41) is 23.9. The van der Waals surface area contributed by atoms with Crippen LogP contribution in [0.4, 0.5) is 11.4 Å². The second kappa shape index (κ2) is 6.21. The second-order valence-electron chi connectivity index (χ2n) is 4.87. The number of anilines is 1. The molecule has 2 unspecified atom stereocenters. The highest BCUT2D eigenvalue weighted by atomic mass is 35.5. The van der Waals surface area contributed by atoms with E-state index in [-0.39, 0.29) is 24.3 Å². The van der Waals surface area contributed by atoms with Gasteiger partial charge in [0.2, 0.25) is 0 Å². The lowest BCUT2D eigenvalue weighted by atomic mass is 9.85. The Morgan fingerprint density at radius 2 is 2.16 bits per heavy atom. The fourth-order valence-electron chi connectivity index (χ4n) is 2.61. The van der Waals surface area contributed by atoms with Gasteiger partial charge in [0, 0.05) is 24.6 Å². The summed E-state index contributed by atoms with van der Waals surface area (Å²) in [5.41, 5.74) is 0.342. The summed E-state index contributed by atoms with van der Waals surface area (Å²) in [4.78, 5) is 10.6. The Morgan fingerprint density at radius 3 is 2.84 bits per heavy atom. The van der Waals surface area contributed by atoms with Gasteiger partial charge in [0.25, 0.3) is 5.69 Å². The van der Waals surface area contributed by atoms with Crippen LogP contribution in [0.25, 0.3) is 0 Å². The maximum Gasteiger partial charge on any atom is 0.293 e. The summed E-state index contributed by atoms with van der Waals surface area (Å²) in [5.74, 6) is 0.129. The molecule has 104 valence electrons. The van der Waals surface area contributed by atoms with E-state index < -0.39 is 4.92 Å². The molecular weight excluding hydrogens is 268 g/mol. The number of nitrogens with zero attached hydrogens (tertiary/aromatic N) is 1. The Morgan fingerprint density at radius 1 is 1.42 bits per heavy atom. The summed E-state index contributed by atoms with van der Waals surface area (Å²) in [6, 6.07) is 4.67. The number of hydrogen-bond acceptors (Lipinski definition) is 4. The lowest BCUT2D eigenvalue weighted by molar-refractivity contribution is -0.384. The van der Waals surface area contributed by atoms with E-state index in [9.17, 15) is 15.2 Å². The number of benzene rings is 1. The van der Waals surface area contributed by atoms with Crippen molar-refractivity contribution in [1.82, 2.24) is 0 Å². The summed E-state index contributed by atoms with van der Waals surface area (Å²) >= 11 is 6.05. The molecule has 6 heteroatoms. The van der Waals surface area contributed by atoms with Crippen LogP contribution in [-0.4, -0.2) is 22.7 Å². The third kappa shape index (κ3) is 3.16. The molecule has 0 saturated heterocycles. The SMILES string of the molecule is O=[N+]([O-])c1cccc(Cl)c1NC1CCCCC1CO. The quantitative estimate of drug-likeness (QED) is 0.657. The molecule has 1 aliphatic rings. The van der Waals surface area contributed by atoms with Gasteiger partial charge in [0.1, 0.15) is 5.69 Å². The van der Waals surface area contributed by atoms with Crippen molar-refractivity contribution >= 4 is 23.0 Å². The van der Waals surface area contributed by atoms with Crippen molar-refractivity contribution in [3.8, 4) is 0 Å². The Hall–Kier alpha value is -1.33. The van der Waals surface area contributed by atoms with Gasteiger partial charge >= 0.3 is 0 Å². The number of halogens is 1. The molecule has 5 nitrogen and oxygen atoms in total. The number of para-hydroxylation sites is 1. The third-order valence-corrected chi connectivity index (χ3v) is 3.98. The number of nitro groups is 1. The van der Waals surface area contributed by atoms with Gasteiger partial charge in [0.15, 0.2) is 0 Å². The highest BCUT2D eigenvalue weighted by Gasteiger charge is 2.27. The fourth-order valence-corrected chi connectivity index (χ4v) is 2.83. The molecule has 2 atom stereocenters. The van der Waals surface area contributed by atoms with Crippen LogP contribution in [0.1, 0.15) is 25.7 Å². The molecule has 0 bridgehead atoms. The zero-order valence-corrected chi connectivity index (χ0v) is 11.3. The van der Waals surface area contributed by atoms with Crippen LogP contribution in [0.2, 0.25) is 5.02 Å². The highest BCUT2D eigenvalue weighted by molar-refractivity contribution is 6.33. The van der Waals surface area contributed by atoms with Gasteiger partial charge in [-0.3, -0.25) is 10.1 Å². The topological polar surface area (TPSA) is 75.4 Å². The number of aliphatic hydroxyl groups is 1. The van der Waals surface area contributed by atoms with Crippen molar-refractivity contribution in [1.29, 1.82) is 0 Å². The molecule has 1 aromatic carbocycles. The van der Waals surface area contributed by atoms with Gasteiger partial charge in [0.05, 0.1) is 9.95 Å². The van der Waals surface area contributed by atoms with Gasteiger partial charge in [-0.15, -0.1) is 0 Å². The zero-order valence-electron chi connectivity index (χ0n) is 10.5. The maximum atomic E-state index is 11.0. The van der Waals surface area contributed by atoms with Crippen LogP contribution in [0, 0.1) is 16.0 Å². The molecule has 2 N–H and O–H groups in total. The van der Waals surface area contributed by atoms with E-state index in [1.807, 2.05) is 0 Å². The maximum absolute atomic E-state index is 11.0. The molecule has 19 heavy (non-hydrogen) atoms. The summed E-state index contributed by atoms with van der Waals surface area (Å²) in [6.07, 6.45) is 3.99. The standard InChI is InChI=1S/C13H17ClN2O3/c14-10-5-3-7-12(16(18)19)13(10)15-11-6-2-1-4-9(11)8-17/h3,5,7,9,11,15,17H,1-2,4,6,8H2. The molecule has 0 heterocycles. The molecule has 1 aliphatic carbocycles. The van der Waals surface area contributed by atoms with Crippen molar-refractivity contribution in [2.24, 2.45) is 5.92 Å². The zero-order chi connectivity index (χ0) is 13.8. The van der Waals surface area contributed by atoms with Crippen molar-refractivity contribution in [2.45, 2.75) is 31.7 Å². The second-order valence-corrected chi connectivity index (χ2v) is 5.28. The van der Waals surface area contributed by atoms with Crippen LogP contribution in [0.3, 0.4) is 0 Å². The Kier molecular flexibility index (Phi) is 4.61. The van der Waals surface area contributed by atoms with Crippen LogP contribution >= 0.6 is 11.6 Å². The van der Waals surface area contributed by atoms with Gasteiger partial charge in [-0.1, -0.05) is 30.5 Å². The largest absolute Gasteiger partial charge is 0.396 e. The van der Waals surface area contributed by atoms with E-state index in [1.54, 1.807) is 12.1 Å². The number of rotatable bonds is 4. The average Bonchev–Trinajstić information content (AvgIpc) is 2.41. The molecule has 0 aromatic heterocycles. The van der Waals surface area contributed by atoms with E-state index in [1.165, 1.54) is 6.07 Å². The summed E-state index contributed by atoms with van der Waals surface area (Å²) in [7, 11) is 0. The number of aliphatic hydroxyl groups excluding tert-OH is 1. The van der Waals surface area contributed by atoms with Gasteiger partial charge < -0.3 is 10.4 Å². The van der Waals surface area contributed by atoms with Crippen LogP contribution in [-0.2, 0) is 0 Å². The van der Waals surface area contributed by atoms with E-state index in [2.05, 4.69) is 5.32 Å². The number of nitrogens with one attached hydrogen (secondary N) is 1. The smallest absolute Gasteiger partial charge is 0.293 e. The van der Waals surface area contributed by atoms with E-state index in [0.29, 0.717) is 10.7 Å². The first-order valence-electron chi connectivity index (χ1n) is 6.43. The highest BCUT2D eigenvalue weighted by Crippen LogP contribution is 2.35. The van der Waals surface area contributed by atoms with E-state index >= 15 is 0 Å². The molecule has 1 fully saturated rings. The average molecular weight is 285 g/mol. The summed E-state index contributed by atoms with van der Waals surface area (Å²) < 4.78 is 0. The molecule has 0 amide bonds. The predicted molar refractivity (Wildman–Crippen MR) is 74.6 cm³/mol. The van der Waals surface area contributed by atoms with Crippen molar-refractivity contribution in [3.63, 3.8) is 0 Å². The van der Waals surface area contributed by atoms with Crippen molar-refractivity contribution < 1.29 is 10.0 Å². The minimum atomic E-state index is -0.439. The molecule has 0 spiro atoms.